The van der Waals surface area contributed by atoms with Crippen molar-refractivity contribution < 1.29 is 28.6 Å². The molecule has 35 heavy (non-hydrogen) atoms. The van der Waals surface area contributed by atoms with E-state index in [-0.39, 0.29) is 24.0 Å². The second-order valence-electron chi connectivity index (χ2n) is 9.01. The van der Waals surface area contributed by atoms with Crippen LogP contribution in [0.1, 0.15) is 29.8 Å². The number of carboxylic acids is 1. The third kappa shape index (κ3) is 5.21. The first kappa shape index (κ1) is 24.1. The maximum Gasteiger partial charge on any atom is 0.313 e. The maximum absolute atomic E-state index is 14.7. The summed E-state index contributed by atoms with van der Waals surface area (Å²) in [5.74, 6) is -1.31. The summed E-state index contributed by atoms with van der Waals surface area (Å²) >= 11 is 0. The van der Waals surface area contributed by atoms with Crippen molar-refractivity contribution in [3.8, 4) is 11.5 Å². The first-order valence-electron chi connectivity index (χ1n) is 11.2. The number of fused-ring (bicyclic) bond motifs is 1. The predicted octanol–water partition coefficient (Wildman–Crippen LogP) is 4.72. The summed E-state index contributed by atoms with van der Waals surface area (Å²) in [6, 6.07) is 18.3. The van der Waals surface area contributed by atoms with Gasteiger partial charge in [-0.1, -0.05) is 24.3 Å². The molecule has 3 aromatic carbocycles. The number of carboxylic acid groups (broad SMARTS) is 1. The first-order chi connectivity index (χ1) is 16.6. The number of nitrogens with zero attached hydrogens (tertiary/aromatic N) is 1. The average Bonchev–Trinajstić information content (AvgIpc) is 2.83. The SMILES string of the molecule is CN1C[C@@H](COc2ccc(C(=O)Nc3cccc(C(C)(C)C(=O)O)c3)c(F)c2)Oc2ccccc21. The lowest BCUT2D eigenvalue weighted by Gasteiger charge is -2.33. The van der Waals surface area contributed by atoms with Gasteiger partial charge < -0.3 is 24.8 Å². The van der Waals surface area contributed by atoms with Gasteiger partial charge in [-0.05, 0) is 55.8 Å². The molecule has 0 aromatic heterocycles. The summed E-state index contributed by atoms with van der Waals surface area (Å²) < 4.78 is 26.5. The van der Waals surface area contributed by atoms with Crippen LogP contribution in [0.25, 0.3) is 0 Å². The van der Waals surface area contributed by atoms with Gasteiger partial charge >= 0.3 is 5.97 Å². The number of ether oxygens (including phenoxy) is 2. The van der Waals surface area contributed by atoms with Crippen molar-refractivity contribution in [3.63, 3.8) is 0 Å². The van der Waals surface area contributed by atoms with Gasteiger partial charge in [0.1, 0.15) is 30.0 Å². The van der Waals surface area contributed by atoms with Crippen LogP contribution in [0.5, 0.6) is 11.5 Å². The molecular formula is C27H27FN2O5. The van der Waals surface area contributed by atoms with Gasteiger partial charge in [-0.25, -0.2) is 4.39 Å². The molecule has 4 rings (SSSR count). The zero-order valence-corrected chi connectivity index (χ0v) is 19.7. The lowest BCUT2D eigenvalue weighted by molar-refractivity contribution is -0.142. The van der Waals surface area contributed by atoms with E-state index in [1.165, 1.54) is 18.2 Å². The van der Waals surface area contributed by atoms with E-state index in [1.54, 1.807) is 38.1 Å². The number of benzene rings is 3. The van der Waals surface area contributed by atoms with Crippen LogP contribution >= 0.6 is 0 Å². The van der Waals surface area contributed by atoms with E-state index in [9.17, 15) is 19.1 Å². The highest BCUT2D eigenvalue weighted by atomic mass is 19.1. The van der Waals surface area contributed by atoms with E-state index in [0.717, 1.165) is 11.4 Å². The van der Waals surface area contributed by atoms with Crippen LogP contribution in [-0.2, 0) is 10.2 Å². The van der Waals surface area contributed by atoms with Crippen LogP contribution in [0.15, 0.2) is 66.7 Å². The Morgan fingerprint density at radius 2 is 1.91 bits per heavy atom. The Morgan fingerprint density at radius 1 is 1.14 bits per heavy atom. The van der Waals surface area contributed by atoms with Gasteiger partial charge in [0.05, 0.1) is 23.2 Å². The number of nitrogens with one attached hydrogen (secondary N) is 1. The first-order valence-corrected chi connectivity index (χ1v) is 11.2. The zero-order chi connectivity index (χ0) is 25.2. The smallest absolute Gasteiger partial charge is 0.313 e. The Bertz CT molecular complexity index is 1260. The molecule has 0 aliphatic carbocycles. The number of halogens is 1. The van der Waals surface area contributed by atoms with Crippen LogP contribution in [0.3, 0.4) is 0 Å². The number of amides is 1. The van der Waals surface area contributed by atoms with Crippen molar-refractivity contribution in [3.05, 3.63) is 83.7 Å². The van der Waals surface area contributed by atoms with Crippen LogP contribution in [0, 0.1) is 5.82 Å². The summed E-state index contributed by atoms with van der Waals surface area (Å²) in [5.41, 5.74) is 0.611. The largest absolute Gasteiger partial charge is 0.490 e. The standard InChI is InChI=1S/C27H27FN2O5/c1-27(2,26(32)33)17-7-6-8-18(13-17)29-25(31)21-12-11-19(14-22(21)28)34-16-20-15-30(3)23-9-4-5-10-24(23)35-20/h4-14,20H,15-16H2,1-3H3,(H,29,31)(H,32,33)/t20-/m0/s1. The van der Waals surface area contributed by atoms with Gasteiger partial charge in [-0.3, -0.25) is 9.59 Å². The molecular weight excluding hydrogens is 451 g/mol. The van der Waals surface area contributed by atoms with E-state index in [2.05, 4.69) is 10.2 Å². The highest BCUT2D eigenvalue weighted by Gasteiger charge is 2.29. The average molecular weight is 479 g/mol. The summed E-state index contributed by atoms with van der Waals surface area (Å²) in [7, 11) is 1.97. The topological polar surface area (TPSA) is 88.1 Å². The minimum Gasteiger partial charge on any atom is -0.490 e. The van der Waals surface area contributed by atoms with E-state index in [1.807, 2.05) is 31.3 Å². The van der Waals surface area contributed by atoms with E-state index in [4.69, 9.17) is 9.47 Å². The fraction of sp³-hybridized carbons (Fsp3) is 0.259. The molecule has 182 valence electrons. The highest BCUT2D eigenvalue weighted by molar-refractivity contribution is 6.04. The normalized spacial score (nSPS) is 15.1. The number of carbonyl (C=O) groups excluding carboxylic acids is 1. The number of para-hydroxylation sites is 2. The fourth-order valence-electron chi connectivity index (χ4n) is 3.85. The molecule has 0 fully saturated rings. The minimum atomic E-state index is -1.14. The van der Waals surface area contributed by atoms with Crippen molar-refractivity contribution in [1.29, 1.82) is 0 Å². The third-order valence-corrected chi connectivity index (χ3v) is 6.05. The molecule has 7 nitrogen and oxygen atoms in total. The summed E-state index contributed by atoms with van der Waals surface area (Å²) in [4.78, 5) is 26.3. The van der Waals surface area contributed by atoms with Gasteiger partial charge in [0.2, 0.25) is 0 Å². The van der Waals surface area contributed by atoms with Gasteiger partial charge in [0, 0.05) is 18.8 Å². The van der Waals surface area contributed by atoms with E-state index < -0.39 is 23.1 Å². The lowest BCUT2D eigenvalue weighted by Crippen LogP contribution is -2.41. The highest BCUT2D eigenvalue weighted by Crippen LogP contribution is 2.32. The number of rotatable bonds is 7. The molecule has 3 aromatic rings. The number of hydrogen-bond donors (Lipinski definition) is 2. The van der Waals surface area contributed by atoms with Crippen molar-refractivity contribution >= 4 is 23.3 Å². The Labute approximate surface area is 203 Å². The molecule has 0 saturated carbocycles. The molecule has 1 amide bonds. The summed E-state index contributed by atoms with van der Waals surface area (Å²) in [5, 5.41) is 12.1. The number of aliphatic carboxylic acids is 1. The number of likely N-dealkylation sites (N-methyl/N-ethyl adjacent to an activating group) is 1. The number of hydrogen-bond acceptors (Lipinski definition) is 5. The van der Waals surface area contributed by atoms with E-state index >= 15 is 0 Å². The van der Waals surface area contributed by atoms with Crippen molar-refractivity contribution in [2.75, 3.05) is 30.4 Å². The molecule has 1 aliphatic rings. The van der Waals surface area contributed by atoms with Crippen molar-refractivity contribution in [2.24, 2.45) is 0 Å². The Kier molecular flexibility index (Phi) is 6.64. The molecule has 2 N–H and O–H groups in total. The minimum absolute atomic E-state index is 0.150. The van der Waals surface area contributed by atoms with Crippen LogP contribution < -0.4 is 19.7 Å². The Morgan fingerprint density at radius 3 is 2.66 bits per heavy atom. The third-order valence-electron chi connectivity index (χ3n) is 6.05. The second-order valence-corrected chi connectivity index (χ2v) is 9.01. The van der Waals surface area contributed by atoms with Crippen molar-refractivity contribution in [1.82, 2.24) is 0 Å². The molecule has 0 saturated heterocycles. The number of carbonyl (C=O) groups is 2. The van der Waals surface area contributed by atoms with Gasteiger partial charge in [-0.2, -0.15) is 0 Å². The fourth-order valence-corrected chi connectivity index (χ4v) is 3.85. The number of anilines is 2. The molecule has 8 heteroatoms. The van der Waals surface area contributed by atoms with E-state index in [0.29, 0.717) is 17.8 Å². The van der Waals surface area contributed by atoms with Gasteiger partial charge in [0.15, 0.2) is 0 Å². The Balaban J connectivity index is 1.40. The monoisotopic (exact) mass is 478 g/mol. The molecule has 1 atom stereocenters. The summed E-state index contributed by atoms with van der Waals surface area (Å²) in [6.07, 6.45) is -0.233. The quantitative estimate of drug-likeness (QED) is 0.511. The predicted molar refractivity (Wildman–Crippen MR) is 131 cm³/mol. The molecule has 0 unspecified atom stereocenters. The van der Waals surface area contributed by atoms with Gasteiger partial charge in [0.25, 0.3) is 5.91 Å². The zero-order valence-electron chi connectivity index (χ0n) is 19.7. The Hall–Kier alpha value is -4.07. The van der Waals surface area contributed by atoms with Crippen LogP contribution in [0.2, 0.25) is 0 Å². The molecule has 0 bridgehead atoms. The van der Waals surface area contributed by atoms with Crippen molar-refractivity contribution in [2.45, 2.75) is 25.4 Å². The van der Waals surface area contributed by atoms with Gasteiger partial charge in [-0.15, -0.1) is 0 Å². The van der Waals surface area contributed by atoms with Crippen LogP contribution in [0.4, 0.5) is 15.8 Å². The summed E-state index contributed by atoms with van der Waals surface area (Å²) in [6.45, 7) is 3.99. The second kappa shape index (κ2) is 9.66. The molecule has 0 spiro atoms. The molecule has 0 radical (unpaired) electrons. The molecule has 1 aliphatic heterocycles. The van der Waals surface area contributed by atoms with Crippen LogP contribution in [-0.4, -0.2) is 43.3 Å². The lowest BCUT2D eigenvalue weighted by atomic mass is 9.84. The maximum atomic E-state index is 14.7. The molecule has 1 heterocycles.